The van der Waals surface area contributed by atoms with Crippen LogP contribution in [-0.4, -0.2) is 38.4 Å². The molecule has 20 heavy (non-hydrogen) atoms. The Morgan fingerprint density at radius 2 is 2.35 bits per heavy atom. The molecule has 1 aromatic heterocycles. The van der Waals surface area contributed by atoms with Gasteiger partial charge in [-0.3, -0.25) is 9.59 Å². The van der Waals surface area contributed by atoms with E-state index in [1.54, 1.807) is 6.92 Å². The molecule has 112 valence electrons. The highest BCUT2D eigenvalue weighted by Crippen LogP contribution is 2.26. The van der Waals surface area contributed by atoms with Crippen LogP contribution in [0.2, 0.25) is 0 Å². The van der Waals surface area contributed by atoms with Crippen LogP contribution in [0.1, 0.15) is 33.6 Å². The standard InChI is InChI=1S/C13H21N3O3S/c1-4-6-15-13(3,11(18)19)8-9(2)20-12-14-7-5-10(17)16-12/h5,7,9,15H,4,6,8H2,1-3H3,(H,18,19)(H,14,16,17). The second-order valence-electron chi connectivity index (χ2n) is 4.94. The monoisotopic (exact) mass is 299 g/mol. The summed E-state index contributed by atoms with van der Waals surface area (Å²) in [5.74, 6) is -0.868. The van der Waals surface area contributed by atoms with Crippen LogP contribution in [0.5, 0.6) is 0 Å². The normalized spacial score (nSPS) is 15.6. The fraction of sp³-hybridized carbons (Fsp3) is 0.615. The number of nitrogens with zero attached hydrogens (tertiary/aromatic N) is 1. The lowest BCUT2D eigenvalue weighted by atomic mass is 9.96. The number of nitrogens with one attached hydrogen (secondary N) is 2. The lowest BCUT2D eigenvalue weighted by molar-refractivity contribution is -0.144. The largest absolute Gasteiger partial charge is 0.480 e. The molecule has 3 N–H and O–H groups in total. The van der Waals surface area contributed by atoms with E-state index in [4.69, 9.17) is 0 Å². The van der Waals surface area contributed by atoms with Crippen LogP contribution >= 0.6 is 11.8 Å². The number of carboxylic acids is 1. The Kier molecular flexibility index (Phi) is 6.22. The first kappa shape index (κ1) is 16.7. The number of thioether (sulfide) groups is 1. The zero-order valence-electron chi connectivity index (χ0n) is 12.0. The number of hydrogen-bond donors (Lipinski definition) is 3. The van der Waals surface area contributed by atoms with Crippen LogP contribution < -0.4 is 10.9 Å². The van der Waals surface area contributed by atoms with Crippen molar-refractivity contribution in [1.82, 2.24) is 15.3 Å². The van der Waals surface area contributed by atoms with Crippen molar-refractivity contribution in [2.45, 2.75) is 49.6 Å². The minimum Gasteiger partial charge on any atom is -0.480 e. The molecule has 0 aliphatic heterocycles. The molecule has 0 fully saturated rings. The second-order valence-corrected chi connectivity index (χ2v) is 6.36. The van der Waals surface area contributed by atoms with Gasteiger partial charge in [-0.2, -0.15) is 0 Å². The molecule has 0 spiro atoms. The number of carbonyl (C=O) groups is 1. The van der Waals surface area contributed by atoms with Crippen molar-refractivity contribution < 1.29 is 9.90 Å². The van der Waals surface area contributed by atoms with Crippen LogP contribution in [0.3, 0.4) is 0 Å². The highest BCUT2D eigenvalue weighted by atomic mass is 32.2. The third-order valence-corrected chi connectivity index (χ3v) is 3.89. The van der Waals surface area contributed by atoms with E-state index < -0.39 is 11.5 Å². The molecule has 0 aliphatic rings. The average molecular weight is 299 g/mol. The molecule has 0 saturated carbocycles. The van der Waals surface area contributed by atoms with Gasteiger partial charge >= 0.3 is 5.97 Å². The summed E-state index contributed by atoms with van der Waals surface area (Å²) in [7, 11) is 0. The molecule has 0 saturated heterocycles. The van der Waals surface area contributed by atoms with E-state index >= 15 is 0 Å². The Labute approximate surface area is 122 Å². The Morgan fingerprint density at radius 1 is 1.65 bits per heavy atom. The van der Waals surface area contributed by atoms with Gasteiger partial charge in [0.2, 0.25) is 0 Å². The maximum Gasteiger partial charge on any atom is 0.323 e. The van der Waals surface area contributed by atoms with E-state index in [9.17, 15) is 14.7 Å². The summed E-state index contributed by atoms with van der Waals surface area (Å²) in [5.41, 5.74) is -1.18. The van der Waals surface area contributed by atoms with Crippen LogP contribution in [0.15, 0.2) is 22.2 Å². The van der Waals surface area contributed by atoms with E-state index in [-0.39, 0.29) is 10.8 Å². The second kappa shape index (κ2) is 7.44. The zero-order valence-corrected chi connectivity index (χ0v) is 12.8. The van der Waals surface area contributed by atoms with E-state index in [0.29, 0.717) is 18.1 Å². The van der Waals surface area contributed by atoms with Crippen molar-refractivity contribution in [3.63, 3.8) is 0 Å². The van der Waals surface area contributed by atoms with Gasteiger partial charge in [0.15, 0.2) is 5.16 Å². The molecule has 1 rings (SSSR count). The van der Waals surface area contributed by atoms with Gasteiger partial charge in [0, 0.05) is 17.5 Å². The lowest BCUT2D eigenvalue weighted by Crippen LogP contribution is -2.51. The third kappa shape index (κ3) is 4.97. The summed E-state index contributed by atoms with van der Waals surface area (Å²) >= 11 is 1.37. The number of hydrogen-bond acceptors (Lipinski definition) is 5. The van der Waals surface area contributed by atoms with E-state index in [0.717, 1.165) is 6.42 Å². The van der Waals surface area contributed by atoms with Gasteiger partial charge in [0.05, 0.1) is 0 Å². The summed E-state index contributed by atoms with van der Waals surface area (Å²) < 4.78 is 0. The minimum atomic E-state index is -0.975. The van der Waals surface area contributed by atoms with Crippen LogP contribution in [0.4, 0.5) is 0 Å². The summed E-state index contributed by atoms with van der Waals surface area (Å²) in [6, 6.07) is 1.35. The molecule has 7 heteroatoms. The van der Waals surface area contributed by atoms with Crippen LogP contribution in [0.25, 0.3) is 0 Å². The number of rotatable bonds is 8. The average Bonchev–Trinajstić information content (AvgIpc) is 2.36. The molecule has 1 heterocycles. The molecular weight excluding hydrogens is 278 g/mol. The predicted molar refractivity (Wildman–Crippen MR) is 79.1 cm³/mol. The number of aromatic nitrogens is 2. The molecular formula is C13H21N3O3S. The van der Waals surface area contributed by atoms with Crippen LogP contribution in [0, 0.1) is 0 Å². The van der Waals surface area contributed by atoms with E-state index in [2.05, 4.69) is 15.3 Å². The van der Waals surface area contributed by atoms with E-state index in [1.807, 2.05) is 13.8 Å². The molecule has 0 bridgehead atoms. The molecule has 2 unspecified atom stereocenters. The quantitative estimate of drug-likeness (QED) is 0.497. The van der Waals surface area contributed by atoms with Crippen molar-refractivity contribution in [3.05, 3.63) is 22.6 Å². The van der Waals surface area contributed by atoms with Crippen molar-refractivity contribution >= 4 is 17.7 Å². The minimum absolute atomic E-state index is 0.00556. The molecule has 0 aromatic carbocycles. The Hall–Kier alpha value is -1.34. The number of H-pyrrole nitrogens is 1. The van der Waals surface area contributed by atoms with Gasteiger partial charge in [0.1, 0.15) is 5.54 Å². The smallest absolute Gasteiger partial charge is 0.323 e. The highest BCUT2D eigenvalue weighted by molar-refractivity contribution is 7.99. The van der Waals surface area contributed by atoms with Crippen molar-refractivity contribution in [1.29, 1.82) is 0 Å². The maximum absolute atomic E-state index is 11.4. The topological polar surface area (TPSA) is 95.1 Å². The lowest BCUT2D eigenvalue weighted by Gasteiger charge is -2.28. The summed E-state index contributed by atoms with van der Waals surface area (Å²) in [6.07, 6.45) is 2.75. The fourth-order valence-electron chi connectivity index (χ4n) is 1.86. The first-order valence-electron chi connectivity index (χ1n) is 6.58. The van der Waals surface area contributed by atoms with Gasteiger partial charge in [-0.05, 0) is 26.3 Å². The zero-order chi connectivity index (χ0) is 15.2. The summed E-state index contributed by atoms with van der Waals surface area (Å²) in [4.78, 5) is 29.3. The van der Waals surface area contributed by atoms with Gasteiger partial charge in [-0.15, -0.1) is 0 Å². The Bertz CT molecular complexity index is 506. The molecule has 6 nitrogen and oxygen atoms in total. The molecule has 1 aromatic rings. The molecule has 0 radical (unpaired) electrons. The Balaban J connectivity index is 2.69. The maximum atomic E-state index is 11.4. The summed E-state index contributed by atoms with van der Waals surface area (Å²) in [6.45, 7) is 6.25. The van der Waals surface area contributed by atoms with Gasteiger partial charge in [-0.1, -0.05) is 25.6 Å². The number of aliphatic carboxylic acids is 1. The van der Waals surface area contributed by atoms with Crippen LogP contribution in [-0.2, 0) is 4.79 Å². The van der Waals surface area contributed by atoms with Gasteiger partial charge < -0.3 is 15.4 Å². The number of aromatic amines is 1. The molecule has 2 atom stereocenters. The van der Waals surface area contributed by atoms with Gasteiger partial charge in [-0.25, -0.2) is 4.98 Å². The van der Waals surface area contributed by atoms with Gasteiger partial charge in [0.25, 0.3) is 5.56 Å². The Morgan fingerprint density at radius 3 is 2.90 bits per heavy atom. The predicted octanol–water partition coefficient (Wildman–Crippen LogP) is 1.48. The third-order valence-electron chi connectivity index (χ3n) is 2.89. The summed E-state index contributed by atoms with van der Waals surface area (Å²) in [5, 5.41) is 13.0. The first-order chi connectivity index (χ1) is 9.37. The molecule has 0 aliphatic carbocycles. The molecule has 0 amide bonds. The van der Waals surface area contributed by atoms with Crippen molar-refractivity contribution in [3.8, 4) is 0 Å². The van der Waals surface area contributed by atoms with E-state index in [1.165, 1.54) is 24.0 Å². The number of carboxylic acid groups (broad SMARTS) is 1. The van der Waals surface area contributed by atoms with Crippen molar-refractivity contribution in [2.75, 3.05) is 6.54 Å². The first-order valence-corrected chi connectivity index (χ1v) is 7.45. The SMILES string of the molecule is CCCNC(C)(CC(C)Sc1nccc(=O)[nH]1)C(=O)O. The van der Waals surface area contributed by atoms with Crippen molar-refractivity contribution in [2.24, 2.45) is 0 Å². The highest BCUT2D eigenvalue weighted by Gasteiger charge is 2.34. The fourth-order valence-corrected chi connectivity index (χ4v) is 2.93.